The van der Waals surface area contributed by atoms with E-state index in [-0.39, 0.29) is 29.4 Å². The van der Waals surface area contributed by atoms with Gasteiger partial charge in [-0.2, -0.15) is 4.31 Å². The normalized spacial score (nSPS) is 15.2. The first kappa shape index (κ1) is 18.0. The smallest absolute Gasteiger partial charge is 0.256 e. The van der Waals surface area contributed by atoms with E-state index in [9.17, 15) is 17.6 Å². The molecule has 2 heterocycles. The van der Waals surface area contributed by atoms with Crippen LogP contribution >= 0.6 is 11.6 Å². The molecule has 0 aliphatic carbocycles. The zero-order valence-electron chi connectivity index (χ0n) is 13.6. The van der Waals surface area contributed by atoms with Crippen LogP contribution in [0.1, 0.15) is 23.7 Å². The van der Waals surface area contributed by atoms with Crippen LogP contribution in [-0.2, 0) is 35.3 Å². The third kappa shape index (κ3) is 3.61. The molecule has 0 atom stereocenters. The maximum absolute atomic E-state index is 13.2. The molecule has 0 spiro atoms. The highest BCUT2D eigenvalue weighted by Gasteiger charge is 2.29. The molecular formula is C16H17ClFN3O3S. The number of sulfonamides is 1. The molecule has 0 unspecified atom stereocenters. The number of benzene rings is 1. The average Bonchev–Trinajstić information content (AvgIpc) is 2.58. The largest absolute Gasteiger partial charge is 0.299 e. The van der Waals surface area contributed by atoms with Crippen LogP contribution in [0, 0.1) is 5.82 Å². The molecule has 9 heteroatoms. The number of halogens is 2. The van der Waals surface area contributed by atoms with Gasteiger partial charge in [-0.3, -0.25) is 9.36 Å². The summed E-state index contributed by atoms with van der Waals surface area (Å²) in [4.78, 5) is 16.5. The SMILES string of the molecule is CCn1cnc2c(c1=O)CCN(S(=O)(=O)Cc1ccc(F)c(Cl)c1)C2. The van der Waals surface area contributed by atoms with E-state index in [4.69, 9.17) is 11.6 Å². The molecule has 0 bridgehead atoms. The number of aromatic nitrogens is 2. The van der Waals surface area contributed by atoms with Crippen molar-refractivity contribution < 1.29 is 12.8 Å². The van der Waals surface area contributed by atoms with Crippen molar-refractivity contribution in [2.45, 2.75) is 32.2 Å². The molecule has 1 aliphatic rings. The van der Waals surface area contributed by atoms with Gasteiger partial charge in [0.25, 0.3) is 5.56 Å². The minimum atomic E-state index is -3.63. The fraction of sp³-hybridized carbons (Fsp3) is 0.375. The van der Waals surface area contributed by atoms with Crippen LogP contribution in [-0.4, -0.2) is 28.8 Å². The topological polar surface area (TPSA) is 72.3 Å². The molecule has 3 rings (SSSR count). The van der Waals surface area contributed by atoms with Gasteiger partial charge < -0.3 is 0 Å². The van der Waals surface area contributed by atoms with Crippen molar-refractivity contribution in [1.29, 1.82) is 0 Å². The number of aryl methyl sites for hydroxylation is 1. The third-order valence-corrected chi connectivity index (χ3v) is 6.31. The van der Waals surface area contributed by atoms with Crippen LogP contribution in [0.3, 0.4) is 0 Å². The Morgan fingerprint density at radius 1 is 1.36 bits per heavy atom. The van der Waals surface area contributed by atoms with E-state index in [1.165, 1.54) is 27.3 Å². The second kappa shape index (κ2) is 6.86. The summed E-state index contributed by atoms with van der Waals surface area (Å²) in [5, 5.41) is -0.113. The van der Waals surface area contributed by atoms with Gasteiger partial charge in [0, 0.05) is 18.7 Å². The fourth-order valence-corrected chi connectivity index (χ4v) is 4.51. The molecule has 0 N–H and O–H groups in total. The zero-order valence-corrected chi connectivity index (χ0v) is 15.1. The van der Waals surface area contributed by atoms with Gasteiger partial charge in [-0.1, -0.05) is 17.7 Å². The molecule has 0 radical (unpaired) electrons. The predicted octanol–water partition coefficient (Wildman–Crippen LogP) is 1.94. The second-order valence-electron chi connectivity index (χ2n) is 5.85. The zero-order chi connectivity index (χ0) is 18.2. The standard InChI is InChI=1S/C16H17ClFN3O3S/c1-2-20-10-19-15-8-21(6-5-12(15)16(20)22)25(23,24)9-11-3-4-14(18)13(17)7-11/h3-4,7,10H,2,5-6,8-9H2,1H3. The second-order valence-corrected chi connectivity index (χ2v) is 8.23. The van der Waals surface area contributed by atoms with Gasteiger partial charge in [0.1, 0.15) is 5.82 Å². The molecule has 6 nitrogen and oxygen atoms in total. The summed E-state index contributed by atoms with van der Waals surface area (Å²) in [7, 11) is -3.63. The monoisotopic (exact) mass is 385 g/mol. The van der Waals surface area contributed by atoms with Crippen LogP contribution < -0.4 is 5.56 Å². The molecule has 1 aliphatic heterocycles. The van der Waals surface area contributed by atoms with E-state index in [2.05, 4.69) is 4.98 Å². The van der Waals surface area contributed by atoms with Gasteiger partial charge in [0.15, 0.2) is 0 Å². The summed E-state index contributed by atoms with van der Waals surface area (Å²) < 4.78 is 41.3. The fourth-order valence-electron chi connectivity index (χ4n) is 2.83. The quantitative estimate of drug-likeness (QED) is 0.806. The number of fused-ring (bicyclic) bond motifs is 1. The highest BCUT2D eigenvalue weighted by Crippen LogP contribution is 2.22. The Labute approximate surface area is 149 Å². The molecule has 0 fully saturated rings. The van der Waals surface area contributed by atoms with E-state index in [1.54, 1.807) is 0 Å². The summed E-state index contributed by atoms with van der Waals surface area (Å²) in [6.45, 7) is 2.65. The summed E-state index contributed by atoms with van der Waals surface area (Å²) >= 11 is 5.71. The van der Waals surface area contributed by atoms with Crippen LogP contribution in [0.5, 0.6) is 0 Å². The molecule has 0 amide bonds. The van der Waals surface area contributed by atoms with Crippen molar-refractivity contribution in [3.63, 3.8) is 0 Å². The van der Waals surface area contributed by atoms with Crippen LogP contribution in [0.2, 0.25) is 5.02 Å². The number of hydrogen-bond acceptors (Lipinski definition) is 4. The summed E-state index contributed by atoms with van der Waals surface area (Å²) in [5.74, 6) is -0.875. The lowest BCUT2D eigenvalue weighted by molar-refractivity contribution is 0.380. The molecule has 2 aromatic rings. The van der Waals surface area contributed by atoms with E-state index in [0.717, 1.165) is 6.07 Å². The first-order valence-corrected chi connectivity index (χ1v) is 9.79. The van der Waals surface area contributed by atoms with Crippen LogP contribution in [0.4, 0.5) is 4.39 Å². The molecule has 25 heavy (non-hydrogen) atoms. The Balaban J connectivity index is 1.84. The van der Waals surface area contributed by atoms with Crippen molar-refractivity contribution in [3.8, 4) is 0 Å². The van der Waals surface area contributed by atoms with E-state index >= 15 is 0 Å². The Hall–Kier alpha value is -1.77. The molecule has 1 aromatic heterocycles. The van der Waals surface area contributed by atoms with E-state index < -0.39 is 15.8 Å². The molecular weight excluding hydrogens is 369 g/mol. The van der Waals surface area contributed by atoms with Gasteiger partial charge in [-0.05, 0) is 31.0 Å². The Morgan fingerprint density at radius 3 is 2.80 bits per heavy atom. The highest BCUT2D eigenvalue weighted by atomic mass is 35.5. The Kier molecular flexibility index (Phi) is 4.95. The van der Waals surface area contributed by atoms with Crippen LogP contribution in [0.25, 0.3) is 0 Å². The van der Waals surface area contributed by atoms with E-state index in [0.29, 0.717) is 29.8 Å². The molecule has 0 saturated heterocycles. The minimum absolute atomic E-state index is 0.0619. The molecule has 1 aromatic carbocycles. The van der Waals surface area contributed by atoms with Crippen molar-refractivity contribution >= 4 is 21.6 Å². The number of hydrogen-bond donors (Lipinski definition) is 0. The number of nitrogens with zero attached hydrogens (tertiary/aromatic N) is 3. The van der Waals surface area contributed by atoms with Crippen molar-refractivity contribution in [3.05, 3.63) is 62.5 Å². The van der Waals surface area contributed by atoms with Gasteiger partial charge in [0.2, 0.25) is 10.0 Å². The van der Waals surface area contributed by atoms with Gasteiger partial charge in [-0.15, -0.1) is 0 Å². The lowest BCUT2D eigenvalue weighted by Crippen LogP contribution is -2.40. The molecule has 0 saturated carbocycles. The summed E-state index contributed by atoms with van der Waals surface area (Å²) in [6, 6.07) is 3.85. The Bertz CT molecular complexity index is 975. The Morgan fingerprint density at radius 2 is 2.12 bits per heavy atom. The predicted molar refractivity (Wildman–Crippen MR) is 92.3 cm³/mol. The molecule has 134 valence electrons. The van der Waals surface area contributed by atoms with Crippen molar-refractivity contribution in [2.75, 3.05) is 6.54 Å². The lowest BCUT2D eigenvalue weighted by Gasteiger charge is -2.27. The first-order valence-electron chi connectivity index (χ1n) is 7.80. The number of rotatable bonds is 4. The third-order valence-electron chi connectivity index (χ3n) is 4.22. The maximum atomic E-state index is 13.2. The van der Waals surface area contributed by atoms with Gasteiger partial charge in [0.05, 0.1) is 29.3 Å². The van der Waals surface area contributed by atoms with Gasteiger partial charge >= 0.3 is 0 Å². The summed E-state index contributed by atoms with van der Waals surface area (Å²) in [5.41, 5.74) is 1.35. The van der Waals surface area contributed by atoms with Crippen LogP contribution in [0.15, 0.2) is 29.3 Å². The average molecular weight is 386 g/mol. The first-order chi connectivity index (χ1) is 11.8. The minimum Gasteiger partial charge on any atom is -0.299 e. The van der Waals surface area contributed by atoms with Crippen molar-refractivity contribution in [2.24, 2.45) is 0 Å². The highest BCUT2D eigenvalue weighted by molar-refractivity contribution is 7.88. The maximum Gasteiger partial charge on any atom is 0.256 e. The van der Waals surface area contributed by atoms with Crippen molar-refractivity contribution in [1.82, 2.24) is 13.9 Å². The summed E-state index contributed by atoms with van der Waals surface area (Å²) in [6.07, 6.45) is 1.77. The van der Waals surface area contributed by atoms with E-state index in [1.807, 2.05) is 6.92 Å². The lowest BCUT2D eigenvalue weighted by atomic mass is 10.1. The van der Waals surface area contributed by atoms with Gasteiger partial charge in [-0.25, -0.2) is 17.8 Å².